The summed E-state index contributed by atoms with van der Waals surface area (Å²) >= 11 is 6.14. The minimum atomic E-state index is -1.32. The molecule has 250 valence electrons. The Bertz CT molecular complexity index is 1890. The zero-order chi connectivity index (χ0) is 34.2. The Hall–Kier alpha value is -5.29. The lowest BCUT2D eigenvalue weighted by Gasteiger charge is -2.43. The predicted octanol–water partition coefficient (Wildman–Crippen LogP) is 6.74. The molecular weight excluding hydrogens is 648 g/mol. The number of anilines is 1. The maximum Gasteiger partial charge on any atom is 0.338 e. The van der Waals surface area contributed by atoms with Gasteiger partial charge in [-0.15, -0.1) is 0 Å². The SMILES string of the molecule is C[C@@H]1OC(OCCNc2ccnc3cc(Cl)ccc23)[C@@H](OC(=O)c2ccccc2)[C@H](OC(=O)c2ccccc2)[C@@H]1OC(=O)c1ccccc1. The van der Waals surface area contributed by atoms with Gasteiger partial charge in [-0.25, -0.2) is 14.4 Å². The van der Waals surface area contributed by atoms with Crippen LogP contribution in [-0.4, -0.2) is 66.7 Å². The summed E-state index contributed by atoms with van der Waals surface area (Å²) in [5, 5.41) is 4.79. The first-order valence-electron chi connectivity index (χ1n) is 15.7. The van der Waals surface area contributed by atoms with Crippen molar-refractivity contribution in [1.29, 1.82) is 0 Å². The van der Waals surface area contributed by atoms with Gasteiger partial charge >= 0.3 is 17.9 Å². The van der Waals surface area contributed by atoms with E-state index in [4.69, 9.17) is 35.3 Å². The van der Waals surface area contributed by atoms with Crippen molar-refractivity contribution in [3.05, 3.63) is 143 Å². The molecule has 4 aromatic carbocycles. The molecule has 1 aromatic heterocycles. The minimum Gasteiger partial charge on any atom is -0.452 e. The molecule has 0 saturated carbocycles. The summed E-state index contributed by atoms with van der Waals surface area (Å²) in [4.78, 5) is 44.6. The maximum absolute atomic E-state index is 13.5. The molecule has 5 aromatic rings. The van der Waals surface area contributed by atoms with E-state index in [1.165, 1.54) is 0 Å². The van der Waals surface area contributed by atoms with Gasteiger partial charge in [0.1, 0.15) is 0 Å². The van der Waals surface area contributed by atoms with E-state index in [9.17, 15) is 14.4 Å². The lowest BCUT2D eigenvalue weighted by molar-refractivity contribution is -0.289. The number of rotatable bonds is 11. The number of pyridine rings is 1. The summed E-state index contributed by atoms with van der Waals surface area (Å²) < 4.78 is 30.3. The molecule has 1 fully saturated rings. The normalized spacial score (nSPS) is 20.2. The highest BCUT2D eigenvalue weighted by atomic mass is 35.5. The van der Waals surface area contributed by atoms with E-state index in [-0.39, 0.29) is 23.3 Å². The molecule has 1 N–H and O–H groups in total. The first-order valence-corrected chi connectivity index (χ1v) is 16.1. The number of aromatic nitrogens is 1. The van der Waals surface area contributed by atoms with Gasteiger partial charge in [-0.05, 0) is 67.6 Å². The van der Waals surface area contributed by atoms with Crippen LogP contribution in [0.1, 0.15) is 38.0 Å². The Labute approximate surface area is 287 Å². The van der Waals surface area contributed by atoms with Gasteiger partial charge in [0.05, 0.1) is 34.9 Å². The molecule has 0 spiro atoms. The summed E-state index contributed by atoms with van der Waals surface area (Å²) in [5.41, 5.74) is 2.36. The molecular formula is C38H33ClN2O8. The second kappa shape index (κ2) is 15.7. The summed E-state index contributed by atoms with van der Waals surface area (Å²) in [7, 11) is 0. The lowest BCUT2D eigenvalue weighted by Crippen LogP contribution is -2.61. The van der Waals surface area contributed by atoms with Crippen molar-refractivity contribution in [2.45, 2.75) is 37.6 Å². The van der Waals surface area contributed by atoms with Crippen molar-refractivity contribution in [3.63, 3.8) is 0 Å². The van der Waals surface area contributed by atoms with Gasteiger partial charge in [-0.3, -0.25) is 4.98 Å². The molecule has 11 heteroatoms. The monoisotopic (exact) mass is 680 g/mol. The highest BCUT2D eigenvalue weighted by molar-refractivity contribution is 6.31. The average molecular weight is 681 g/mol. The number of benzene rings is 4. The Morgan fingerprint density at radius 2 is 1.24 bits per heavy atom. The molecule has 49 heavy (non-hydrogen) atoms. The van der Waals surface area contributed by atoms with E-state index < -0.39 is 48.6 Å². The van der Waals surface area contributed by atoms with Crippen LogP contribution in [0, 0.1) is 0 Å². The molecule has 6 rings (SSSR count). The van der Waals surface area contributed by atoms with E-state index in [0.717, 1.165) is 16.6 Å². The number of carbonyl (C=O) groups excluding carboxylic acids is 3. The fraction of sp³-hybridized carbons (Fsp3) is 0.211. The lowest BCUT2D eigenvalue weighted by atomic mass is 9.98. The number of fused-ring (bicyclic) bond motifs is 1. The van der Waals surface area contributed by atoms with Crippen LogP contribution in [0.25, 0.3) is 10.9 Å². The number of halogens is 1. The molecule has 0 aliphatic carbocycles. The Morgan fingerprint density at radius 1 is 0.714 bits per heavy atom. The van der Waals surface area contributed by atoms with Crippen LogP contribution < -0.4 is 5.32 Å². The van der Waals surface area contributed by atoms with Crippen molar-refractivity contribution in [1.82, 2.24) is 4.98 Å². The molecule has 10 nitrogen and oxygen atoms in total. The number of ether oxygens (including phenoxy) is 5. The Morgan fingerprint density at radius 3 is 1.82 bits per heavy atom. The van der Waals surface area contributed by atoms with Gasteiger partial charge in [0.2, 0.25) is 0 Å². The standard InChI is InChI=1S/C38H33ClN2O8/c1-24-32(47-35(42)25-11-5-2-6-12-25)33(48-36(43)26-13-7-3-8-14-26)34(49-37(44)27-15-9-4-10-16-27)38(46-24)45-22-21-41-30-19-20-40-31-23-28(39)17-18-29(30)31/h2-20,23-24,32-34,38H,21-22H2,1H3,(H,40,41)/t24-,32+,33+,34-,38?/m0/s1. The van der Waals surface area contributed by atoms with E-state index in [1.807, 2.05) is 12.1 Å². The maximum atomic E-state index is 13.5. The van der Waals surface area contributed by atoms with Crippen molar-refractivity contribution in [3.8, 4) is 0 Å². The largest absolute Gasteiger partial charge is 0.452 e. The van der Waals surface area contributed by atoms with Gasteiger partial charge in [0.15, 0.2) is 24.6 Å². The zero-order valence-corrected chi connectivity index (χ0v) is 27.2. The Balaban J connectivity index is 1.26. The minimum absolute atomic E-state index is 0.0992. The van der Waals surface area contributed by atoms with Gasteiger partial charge in [-0.1, -0.05) is 66.2 Å². The number of hydrogen-bond acceptors (Lipinski definition) is 10. The zero-order valence-electron chi connectivity index (χ0n) is 26.4. The van der Waals surface area contributed by atoms with Crippen LogP contribution in [0.5, 0.6) is 0 Å². The molecule has 1 saturated heterocycles. The van der Waals surface area contributed by atoms with Crippen molar-refractivity contribution >= 4 is 46.1 Å². The van der Waals surface area contributed by atoms with Gasteiger partial charge < -0.3 is 29.0 Å². The van der Waals surface area contributed by atoms with Crippen molar-refractivity contribution < 1.29 is 38.1 Å². The van der Waals surface area contributed by atoms with Crippen LogP contribution in [-0.2, 0) is 23.7 Å². The van der Waals surface area contributed by atoms with E-state index in [1.54, 1.807) is 116 Å². The van der Waals surface area contributed by atoms with E-state index >= 15 is 0 Å². The van der Waals surface area contributed by atoms with Crippen LogP contribution in [0.2, 0.25) is 5.02 Å². The average Bonchev–Trinajstić information content (AvgIpc) is 3.13. The highest BCUT2D eigenvalue weighted by Gasteiger charge is 2.51. The summed E-state index contributed by atoms with van der Waals surface area (Å²) in [5.74, 6) is -2.07. The van der Waals surface area contributed by atoms with Gasteiger partial charge in [0.25, 0.3) is 0 Å². The molecule has 0 amide bonds. The number of esters is 3. The third kappa shape index (κ3) is 8.24. The smallest absolute Gasteiger partial charge is 0.338 e. The summed E-state index contributed by atoms with van der Waals surface area (Å²) in [6, 6.07) is 32.4. The molecule has 5 atom stereocenters. The molecule has 1 aliphatic heterocycles. The third-order valence-corrected chi connectivity index (χ3v) is 8.12. The van der Waals surface area contributed by atoms with E-state index in [2.05, 4.69) is 10.3 Å². The number of hydrogen-bond donors (Lipinski definition) is 1. The van der Waals surface area contributed by atoms with Gasteiger partial charge in [0, 0.05) is 28.8 Å². The molecule has 1 aliphatic rings. The van der Waals surface area contributed by atoms with Crippen molar-refractivity contribution in [2.75, 3.05) is 18.5 Å². The van der Waals surface area contributed by atoms with Crippen LogP contribution in [0.3, 0.4) is 0 Å². The fourth-order valence-electron chi connectivity index (χ4n) is 5.46. The number of carbonyl (C=O) groups is 3. The van der Waals surface area contributed by atoms with Crippen LogP contribution in [0.15, 0.2) is 121 Å². The molecule has 1 unspecified atom stereocenters. The molecule has 0 radical (unpaired) electrons. The number of nitrogens with zero attached hydrogens (tertiary/aromatic N) is 1. The predicted molar refractivity (Wildman–Crippen MR) is 182 cm³/mol. The highest BCUT2D eigenvalue weighted by Crippen LogP contribution is 2.31. The van der Waals surface area contributed by atoms with Crippen molar-refractivity contribution in [2.24, 2.45) is 0 Å². The second-order valence-corrected chi connectivity index (χ2v) is 11.7. The topological polar surface area (TPSA) is 122 Å². The first-order chi connectivity index (χ1) is 23.9. The van der Waals surface area contributed by atoms with Crippen LogP contribution >= 0.6 is 11.6 Å². The molecule has 2 heterocycles. The quantitative estimate of drug-likeness (QED) is 0.0912. The van der Waals surface area contributed by atoms with E-state index in [0.29, 0.717) is 11.6 Å². The second-order valence-electron chi connectivity index (χ2n) is 11.2. The number of nitrogens with one attached hydrogen (secondary N) is 1. The Kier molecular flexibility index (Phi) is 10.8. The molecule has 0 bridgehead atoms. The summed E-state index contributed by atoms with van der Waals surface area (Å²) in [6.45, 7) is 2.10. The third-order valence-electron chi connectivity index (χ3n) is 7.89. The van der Waals surface area contributed by atoms with Gasteiger partial charge in [-0.2, -0.15) is 0 Å². The first kappa shape index (κ1) is 33.6. The fourth-order valence-corrected chi connectivity index (χ4v) is 5.63. The summed E-state index contributed by atoms with van der Waals surface area (Å²) in [6.07, 6.45) is -4.15. The van der Waals surface area contributed by atoms with Crippen LogP contribution in [0.4, 0.5) is 5.69 Å².